The molecule has 0 amide bonds. The van der Waals surface area contributed by atoms with Gasteiger partial charge in [-0.15, -0.1) is 0 Å². The van der Waals surface area contributed by atoms with E-state index in [0.717, 1.165) is 6.07 Å². The van der Waals surface area contributed by atoms with E-state index < -0.39 is 17.4 Å². The minimum atomic E-state index is -1.24. The molecule has 2 nitrogen and oxygen atoms in total. The molecular formula is C12H9F2NO. The molecule has 16 heavy (non-hydrogen) atoms. The number of nitrogens with zero attached hydrogens (tertiary/aromatic N) is 1. The third-order valence-electron chi connectivity index (χ3n) is 2.36. The summed E-state index contributed by atoms with van der Waals surface area (Å²) in [5, 5.41) is 9.01. The van der Waals surface area contributed by atoms with Gasteiger partial charge in [0.1, 0.15) is 0 Å². The highest BCUT2D eigenvalue weighted by atomic mass is 19.2. The van der Waals surface area contributed by atoms with E-state index >= 15 is 0 Å². The first kappa shape index (κ1) is 10.5. The Morgan fingerprint density at radius 2 is 1.81 bits per heavy atom. The maximum Gasteiger partial charge on any atom is 0.200 e. The Morgan fingerprint density at radius 1 is 1.06 bits per heavy atom. The highest BCUT2D eigenvalue weighted by molar-refractivity contribution is 5.67. The van der Waals surface area contributed by atoms with Crippen molar-refractivity contribution < 1.29 is 13.9 Å². The zero-order valence-electron chi connectivity index (χ0n) is 8.54. The van der Waals surface area contributed by atoms with Crippen molar-refractivity contribution in [1.29, 1.82) is 0 Å². The second-order valence-corrected chi connectivity index (χ2v) is 3.40. The number of phenols is 1. The molecule has 0 atom stereocenters. The number of pyridine rings is 1. The van der Waals surface area contributed by atoms with Crippen LogP contribution in [0.2, 0.25) is 0 Å². The first-order chi connectivity index (χ1) is 7.61. The lowest BCUT2D eigenvalue weighted by Crippen LogP contribution is -1.93. The van der Waals surface area contributed by atoms with Gasteiger partial charge in [-0.25, -0.2) is 4.39 Å². The second-order valence-electron chi connectivity index (χ2n) is 3.40. The van der Waals surface area contributed by atoms with Crippen LogP contribution in [-0.4, -0.2) is 10.1 Å². The third kappa shape index (κ3) is 1.62. The Kier molecular flexibility index (Phi) is 2.56. The van der Waals surface area contributed by atoms with Crippen molar-refractivity contribution in [1.82, 2.24) is 4.98 Å². The van der Waals surface area contributed by atoms with Gasteiger partial charge < -0.3 is 5.11 Å². The van der Waals surface area contributed by atoms with Crippen LogP contribution in [0.5, 0.6) is 5.75 Å². The van der Waals surface area contributed by atoms with Crippen molar-refractivity contribution >= 4 is 0 Å². The van der Waals surface area contributed by atoms with Crippen LogP contribution in [-0.2, 0) is 0 Å². The SMILES string of the molecule is Cc1ncccc1-c1ccc(O)c(F)c1F. The zero-order chi connectivity index (χ0) is 11.7. The molecule has 1 aromatic carbocycles. The summed E-state index contributed by atoms with van der Waals surface area (Å²) in [6, 6.07) is 5.75. The average molecular weight is 221 g/mol. The van der Waals surface area contributed by atoms with Gasteiger partial charge in [0.05, 0.1) is 0 Å². The molecule has 0 aliphatic rings. The van der Waals surface area contributed by atoms with E-state index in [1.807, 2.05) is 0 Å². The lowest BCUT2D eigenvalue weighted by Gasteiger charge is -2.07. The fourth-order valence-corrected chi connectivity index (χ4v) is 1.52. The molecule has 1 N–H and O–H groups in total. The van der Waals surface area contributed by atoms with E-state index in [2.05, 4.69) is 4.98 Å². The predicted molar refractivity (Wildman–Crippen MR) is 56.0 cm³/mol. The van der Waals surface area contributed by atoms with Crippen molar-refractivity contribution in [3.63, 3.8) is 0 Å². The fraction of sp³-hybridized carbons (Fsp3) is 0.0833. The number of benzene rings is 1. The van der Waals surface area contributed by atoms with Gasteiger partial charge in [-0.1, -0.05) is 6.07 Å². The van der Waals surface area contributed by atoms with Crippen LogP contribution in [0, 0.1) is 18.6 Å². The lowest BCUT2D eigenvalue weighted by atomic mass is 10.0. The smallest absolute Gasteiger partial charge is 0.200 e. The Balaban J connectivity index is 2.66. The third-order valence-corrected chi connectivity index (χ3v) is 2.36. The maximum atomic E-state index is 13.6. The number of hydrogen-bond acceptors (Lipinski definition) is 2. The summed E-state index contributed by atoms with van der Waals surface area (Å²) in [4.78, 5) is 4.00. The van der Waals surface area contributed by atoms with E-state index in [1.165, 1.54) is 6.07 Å². The van der Waals surface area contributed by atoms with Crippen molar-refractivity contribution in [2.45, 2.75) is 6.92 Å². The van der Waals surface area contributed by atoms with Gasteiger partial charge in [-0.3, -0.25) is 4.98 Å². The topological polar surface area (TPSA) is 33.1 Å². The summed E-state index contributed by atoms with van der Waals surface area (Å²) < 4.78 is 26.7. The average Bonchev–Trinajstić information content (AvgIpc) is 2.28. The molecule has 0 fully saturated rings. The van der Waals surface area contributed by atoms with Crippen LogP contribution >= 0.6 is 0 Å². The zero-order valence-corrected chi connectivity index (χ0v) is 8.54. The minimum Gasteiger partial charge on any atom is -0.505 e. The minimum absolute atomic E-state index is 0.0981. The molecule has 1 heterocycles. The summed E-state index contributed by atoms with van der Waals surface area (Å²) in [6.45, 7) is 1.71. The first-order valence-electron chi connectivity index (χ1n) is 4.70. The molecule has 0 aliphatic heterocycles. The summed E-state index contributed by atoms with van der Waals surface area (Å²) in [5.41, 5.74) is 1.21. The van der Waals surface area contributed by atoms with Crippen LogP contribution in [0.3, 0.4) is 0 Å². The fourth-order valence-electron chi connectivity index (χ4n) is 1.52. The van der Waals surface area contributed by atoms with E-state index in [-0.39, 0.29) is 5.56 Å². The van der Waals surface area contributed by atoms with Crippen LogP contribution < -0.4 is 0 Å². The van der Waals surface area contributed by atoms with Crippen molar-refractivity contribution in [3.8, 4) is 16.9 Å². The number of aromatic nitrogens is 1. The number of aromatic hydroxyl groups is 1. The number of rotatable bonds is 1. The molecule has 2 aromatic rings. The van der Waals surface area contributed by atoms with E-state index in [9.17, 15) is 8.78 Å². The number of halogens is 2. The molecule has 82 valence electrons. The normalized spacial score (nSPS) is 10.4. The maximum absolute atomic E-state index is 13.6. The monoisotopic (exact) mass is 221 g/mol. The van der Waals surface area contributed by atoms with Crippen LogP contribution in [0.15, 0.2) is 30.5 Å². The van der Waals surface area contributed by atoms with Gasteiger partial charge >= 0.3 is 0 Å². The van der Waals surface area contributed by atoms with Crippen LogP contribution in [0.1, 0.15) is 5.69 Å². The Hall–Kier alpha value is -1.97. The molecule has 0 aliphatic carbocycles. The van der Waals surface area contributed by atoms with E-state index in [0.29, 0.717) is 11.3 Å². The summed E-state index contributed by atoms with van der Waals surface area (Å²) >= 11 is 0. The summed E-state index contributed by atoms with van der Waals surface area (Å²) in [6.07, 6.45) is 1.58. The molecule has 0 radical (unpaired) electrons. The van der Waals surface area contributed by atoms with Gasteiger partial charge in [0.25, 0.3) is 0 Å². The van der Waals surface area contributed by atoms with Crippen LogP contribution in [0.4, 0.5) is 8.78 Å². The van der Waals surface area contributed by atoms with Gasteiger partial charge in [-0.05, 0) is 25.1 Å². The molecule has 0 saturated heterocycles. The number of phenolic OH excluding ortho intramolecular Hbond substituents is 1. The van der Waals surface area contributed by atoms with Crippen molar-refractivity contribution in [3.05, 3.63) is 47.8 Å². The lowest BCUT2D eigenvalue weighted by molar-refractivity contribution is 0.408. The van der Waals surface area contributed by atoms with E-state index in [4.69, 9.17) is 5.11 Å². The molecule has 0 unspecified atom stereocenters. The summed E-state index contributed by atoms with van der Waals surface area (Å²) in [7, 11) is 0. The molecule has 2 rings (SSSR count). The molecular weight excluding hydrogens is 212 g/mol. The van der Waals surface area contributed by atoms with E-state index in [1.54, 1.807) is 25.3 Å². The Bertz CT molecular complexity index is 541. The van der Waals surface area contributed by atoms with Gasteiger partial charge in [0, 0.05) is 23.0 Å². The predicted octanol–water partition coefficient (Wildman–Crippen LogP) is 3.04. The first-order valence-corrected chi connectivity index (χ1v) is 4.70. The highest BCUT2D eigenvalue weighted by Gasteiger charge is 2.15. The molecule has 0 spiro atoms. The Morgan fingerprint density at radius 3 is 2.50 bits per heavy atom. The largest absolute Gasteiger partial charge is 0.505 e. The van der Waals surface area contributed by atoms with Crippen molar-refractivity contribution in [2.24, 2.45) is 0 Å². The number of aryl methyl sites for hydroxylation is 1. The standard InChI is InChI=1S/C12H9F2NO/c1-7-8(3-2-6-15-7)9-4-5-10(16)12(14)11(9)13/h2-6,16H,1H3. The molecule has 0 bridgehead atoms. The van der Waals surface area contributed by atoms with Gasteiger partial charge in [0.15, 0.2) is 11.6 Å². The van der Waals surface area contributed by atoms with Gasteiger partial charge in [0.2, 0.25) is 5.82 Å². The Labute approximate surface area is 91.2 Å². The van der Waals surface area contributed by atoms with Gasteiger partial charge in [-0.2, -0.15) is 4.39 Å². The molecule has 0 saturated carbocycles. The highest BCUT2D eigenvalue weighted by Crippen LogP contribution is 2.29. The molecule has 1 aromatic heterocycles. The number of hydrogen-bond donors (Lipinski definition) is 1. The summed E-state index contributed by atoms with van der Waals surface area (Å²) in [5.74, 6) is -2.99. The van der Waals surface area contributed by atoms with Crippen molar-refractivity contribution in [2.75, 3.05) is 0 Å². The van der Waals surface area contributed by atoms with Crippen LogP contribution in [0.25, 0.3) is 11.1 Å². The second kappa shape index (κ2) is 3.89. The molecule has 4 heteroatoms. The quantitative estimate of drug-likeness (QED) is 0.802.